The fourth-order valence-electron chi connectivity index (χ4n) is 1.65. The lowest BCUT2D eigenvalue weighted by Crippen LogP contribution is -2.39. The summed E-state index contributed by atoms with van der Waals surface area (Å²) < 4.78 is 0. The van der Waals surface area contributed by atoms with Gasteiger partial charge < -0.3 is 10.0 Å². The van der Waals surface area contributed by atoms with Crippen molar-refractivity contribution in [1.82, 2.24) is 4.90 Å². The first-order chi connectivity index (χ1) is 5.24. The van der Waals surface area contributed by atoms with Gasteiger partial charge in [-0.1, -0.05) is 0 Å². The molecule has 1 rings (SSSR count). The van der Waals surface area contributed by atoms with E-state index in [0.29, 0.717) is 18.6 Å². The van der Waals surface area contributed by atoms with Crippen LogP contribution in [0, 0.1) is 5.92 Å². The van der Waals surface area contributed by atoms with Crippen molar-refractivity contribution >= 4 is 0 Å². The van der Waals surface area contributed by atoms with Gasteiger partial charge in [0, 0.05) is 12.6 Å². The molecule has 0 aromatic heterocycles. The zero-order chi connectivity index (χ0) is 8.27. The van der Waals surface area contributed by atoms with E-state index in [1.807, 2.05) is 0 Å². The average molecular weight is 157 g/mol. The molecule has 1 saturated heterocycles. The zero-order valence-electron chi connectivity index (χ0n) is 7.58. The Morgan fingerprint density at radius 3 is 2.27 bits per heavy atom. The van der Waals surface area contributed by atoms with Crippen LogP contribution in [0.15, 0.2) is 0 Å². The highest BCUT2D eigenvalue weighted by molar-refractivity contribution is 4.73. The van der Waals surface area contributed by atoms with Gasteiger partial charge >= 0.3 is 0 Å². The molecule has 0 aromatic carbocycles. The molecule has 1 fully saturated rings. The monoisotopic (exact) mass is 157 g/mol. The van der Waals surface area contributed by atoms with Crippen LogP contribution in [0.5, 0.6) is 0 Å². The van der Waals surface area contributed by atoms with Gasteiger partial charge in [-0.3, -0.25) is 0 Å². The summed E-state index contributed by atoms with van der Waals surface area (Å²) in [4.78, 5) is 2.48. The lowest BCUT2D eigenvalue weighted by molar-refractivity contribution is 0.111. The third-order valence-corrected chi connectivity index (χ3v) is 2.64. The van der Waals surface area contributed by atoms with Gasteiger partial charge in [0.05, 0.1) is 0 Å². The molecule has 1 heterocycles. The van der Waals surface area contributed by atoms with Crippen molar-refractivity contribution in [2.75, 3.05) is 19.7 Å². The van der Waals surface area contributed by atoms with Crippen molar-refractivity contribution in [2.24, 2.45) is 5.92 Å². The van der Waals surface area contributed by atoms with E-state index in [1.54, 1.807) is 0 Å². The quantitative estimate of drug-likeness (QED) is 0.649. The topological polar surface area (TPSA) is 23.5 Å². The largest absolute Gasteiger partial charge is 0.396 e. The first-order valence-corrected chi connectivity index (χ1v) is 4.59. The number of aliphatic hydroxyl groups is 1. The van der Waals surface area contributed by atoms with E-state index in [2.05, 4.69) is 18.7 Å². The summed E-state index contributed by atoms with van der Waals surface area (Å²) in [6.07, 6.45) is 2.35. The Morgan fingerprint density at radius 1 is 1.36 bits per heavy atom. The zero-order valence-corrected chi connectivity index (χ0v) is 7.58. The second-order valence-corrected chi connectivity index (χ2v) is 3.76. The average Bonchev–Trinajstić information content (AvgIpc) is 2.05. The van der Waals surface area contributed by atoms with Gasteiger partial charge in [0.15, 0.2) is 0 Å². The van der Waals surface area contributed by atoms with Crippen LogP contribution in [0.25, 0.3) is 0 Å². The van der Waals surface area contributed by atoms with Crippen LogP contribution in [0.2, 0.25) is 0 Å². The van der Waals surface area contributed by atoms with Crippen LogP contribution in [0.3, 0.4) is 0 Å². The van der Waals surface area contributed by atoms with Gasteiger partial charge in [0.2, 0.25) is 0 Å². The van der Waals surface area contributed by atoms with Crippen molar-refractivity contribution in [3.63, 3.8) is 0 Å². The molecule has 1 N–H and O–H groups in total. The molecule has 0 aliphatic carbocycles. The first kappa shape index (κ1) is 9.01. The van der Waals surface area contributed by atoms with E-state index in [4.69, 9.17) is 5.11 Å². The van der Waals surface area contributed by atoms with Crippen molar-refractivity contribution in [2.45, 2.75) is 32.7 Å². The summed E-state index contributed by atoms with van der Waals surface area (Å²) in [5.74, 6) is 0.574. The Kier molecular flexibility index (Phi) is 3.34. The normalized spacial score (nSPS) is 22.9. The Balaban J connectivity index is 2.24. The van der Waals surface area contributed by atoms with Gasteiger partial charge in [-0.2, -0.15) is 0 Å². The summed E-state index contributed by atoms with van der Waals surface area (Å²) in [7, 11) is 0. The Bertz CT molecular complexity index is 106. The molecule has 0 bridgehead atoms. The number of hydrogen-bond donors (Lipinski definition) is 1. The van der Waals surface area contributed by atoms with Crippen LogP contribution in [-0.2, 0) is 0 Å². The summed E-state index contributed by atoms with van der Waals surface area (Å²) in [6.45, 7) is 7.19. The van der Waals surface area contributed by atoms with Gasteiger partial charge in [0.25, 0.3) is 0 Å². The summed E-state index contributed by atoms with van der Waals surface area (Å²) in [5, 5.41) is 8.90. The standard InChI is InChI=1S/C9H19NO/c1-8(2)10-5-3-9(7-11)4-6-10/h8-9,11H,3-7H2,1-2H3. The van der Waals surface area contributed by atoms with Crippen molar-refractivity contribution in [1.29, 1.82) is 0 Å². The maximum atomic E-state index is 8.90. The van der Waals surface area contributed by atoms with Crippen LogP contribution >= 0.6 is 0 Å². The molecular formula is C9H19NO. The molecule has 0 unspecified atom stereocenters. The molecule has 0 saturated carbocycles. The Hall–Kier alpha value is -0.0800. The maximum absolute atomic E-state index is 8.90. The third-order valence-electron chi connectivity index (χ3n) is 2.64. The second kappa shape index (κ2) is 4.07. The summed E-state index contributed by atoms with van der Waals surface area (Å²) in [6, 6.07) is 0.676. The van der Waals surface area contributed by atoms with Gasteiger partial charge in [-0.25, -0.2) is 0 Å². The molecule has 66 valence electrons. The van der Waals surface area contributed by atoms with E-state index < -0.39 is 0 Å². The minimum absolute atomic E-state index is 0.381. The molecule has 11 heavy (non-hydrogen) atoms. The highest BCUT2D eigenvalue weighted by Crippen LogP contribution is 2.17. The second-order valence-electron chi connectivity index (χ2n) is 3.76. The van der Waals surface area contributed by atoms with E-state index in [0.717, 1.165) is 0 Å². The lowest BCUT2D eigenvalue weighted by atomic mass is 9.97. The molecule has 0 aromatic rings. The van der Waals surface area contributed by atoms with Crippen molar-refractivity contribution in [3.05, 3.63) is 0 Å². The fraction of sp³-hybridized carbons (Fsp3) is 1.00. The van der Waals surface area contributed by atoms with E-state index in [1.165, 1.54) is 25.9 Å². The van der Waals surface area contributed by atoms with Gasteiger partial charge in [-0.05, 0) is 45.7 Å². The molecule has 2 nitrogen and oxygen atoms in total. The van der Waals surface area contributed by atoms with Gasteiger partial charge in [-0.15, -0.1) is 0 Å². The predicted octanol–water partition coefficient (Wildman–Crippen LogP) is 1.10. The highest BCUT2D eigenvalue weighted by atomic mass is 16.3. The third kappa shape index (κ3) is 2.46. The Labute approximate surface area is 69.2 Å². The first-order valence-electron chi connectivity index (χ1n) is 4.59. The molecular weight excluding hydrogens is 138 g/mol. The lowest BCUT2D eigenvalue weighted by Gasteiger charge is -2.33. The minimum Gasteiger partial charge on any atom is -0.396 e. The predicted molar refractivity (Wildman–Crippen MR) is 46.5 cm³/mol. The van der Waals surface area contributed by atoms with E-state index in [-0.39, 0.29) is 0 Å². The number of rotatable bonds is 2. The van der Waals surface area contributed by atoms with Crippen LogP contribution < -0.4 is 0 Å². The molecule has 0 amide bonds. The van der Waals surface area contributed by atoms with E-state index >= 15 is 0 Å². The number of piperidine rings is 1. The van der Waals surface area contributed by atoms with Crippen molar-refractivity contribution < 1.29 is 5.11 Å². The van der Waals surface area contributed by atoms with Gasteiger partial charge in [0.1, 0.15) is 0 Å². The van der Waals surface area contributed by atoms with Crippen LogP contribution in [0.1, 0.15) is 26.7 Å². The maximum Gasteiger partial charge on any atom is 0.0460 e. The molecule has 0 radical (unpaired) electrons. The molecule has 1 aliphatic rings. The van der Waals surface area contributed by atoms with E-state index in [9.17, 15) is 0 Å². The molecule has 0 atom stereocenters. The summed E-state index contributed by atoms with van der Waals surface area (Å²) in [5.41, 5.74) is 0. The fourth-order valence-corrected chi connectivity index (χ4v) is 1.65. The SMILES string of the molecule is CC(C)N1CCC(CO)CC1. The van der Waals surface area contributed by atoms with Crippen molar-refractivity contribution in [3.8, 4) is 0 Å². The minimum atomic E-state index is 0.381. The number of aliphatic hydroxyl groups excluding tert-OH is 1. The molecule has 1 aliphatic heterocycles. The number of likely N-dealkylation sites (tertiary alicyclic amines) is 1. The molecule has 2 heteroatoms. The highest BCUT2D eigenvalue weighted by Gasteiger charge is 2.19. The van der Waals surface area contributed by atoms with Crippen LogP contribution in [0.4, 0.5) is 0 Å². The number of hydrogen-bond acceptors (Lipinski definition) is 2. The smallest absolute Gasteiger partial charge is 0.0460 e. The van der Waals surface area contributed by atoms with Crippen LogP contribution in [-0.4, -0.2) is 35.7 Å². The summed E-state index contributed by atoms with van der Waals surface area (Å²) >= 11 is 0. The number of nitrogens with zero attached hydrogens (tertiary/aromatic N) is 1. The Morgan fingerprint density at radius 2 is 1.91 bits per heavy atom. The molecule has 0 spiro atoms.